The number of hydrogen-bond acceptors (Lipinski definition) is 0. The topological polar surface area (TPSA) is 0 Å². The van der Waals surface area contributed by atoms with Crippen molar-refractivity contribution in [1.29, 1.82) is 0 Å². The SMILES string of the molecule is CCCCC[N+](CCBr)(CCCC)CCCC.[Cl-]. The molecule has 1 nitrogen and oxygen atoms in total. The van der Waals surface area contributed by atoms with Crippen LogP contribution in [-0.2, 0) is 0 Å². The van der Waals surface area contributed by atoms with Crippen molar-refractivity contribution in [3.05, 3.63) is 0 Å². The molecule has 0 N–H and O–H groups in total. The van der Waals surface area contributed by atoms with Gasteiger partial charge in [-0.15, -0.1) is 0 Å². The van der Waals surface area contributed by atoms with Crippen molar-refractivity contribution >= 4 is 15.9 Å². The van der Waals surface area contributed by atoms with Crippen molar-refractivity contribution in [2.24, 2.45) is 0 Å². The number of nitrogens with zero attached hydrogens (tertiary/aromatic N) is 1. The first-order chi connectivity index (χ1) is 8.24. The Morgan fingerprint density at radius 3 is 1.50 bits per heavy atom. The average molecular weight is 343 g/mol. The highest BCUT2D eigenvalue weighted by Gasteiger charge is 2.24. The van der Waals surface area contributed by atoms with E-state index in [4.69, 9.17) is 0 Å². The number of alkyl halides is 1. The second-order valence-electron chi connectivity index (χ2n) is 5.34. The summed E-state index contributed by atoms with van der Waals surface area (Å²) >= 11 is 3.66. The lowest BCUT2D eigenvalue weighted by molar-refractivity contribution is -0.926. The molecule has 18 heavy (non-hydrogen) atoms. The van der Waals surface area contributed by atoms with Gasteiger partial charge in [-0.25, -0.2) is 0 Å². The lowest BCUT2D eigenvalue weighted by atomic mass is 10.1. The third-order valence-electron chi connectivity index (χ3n) is 3.77. The fourth-order valence-corrected chi connectivity index (χ4v) is 3.29. The summed E-state index contributed by atoms with van der Waals surface area (Å²) in [5.74, 6) is 0. The Hall–Kier alpha value is 0.730. The van der Waals surface area contributed by atoms with E-state index in [9.17, 15) is 0 Å². The predicted octanol–water partition coefficient (Wildman–Crippen LogP) is 1.99. The van der Waals surface area contributed by atoms with E-state index >= 15 is 0 Å². The van der Waals surface area contributed by atoms with Gasteiger partial charge in [-0.05, 0) is 25.7 Å². The van der Waals surface area contributed by atoms with Gasteiger partial charge in [0.1, 0.15) is 0 Å². The van der Waals surface area contributed by atoms with Crippen LogP contribution in [0.5, 0.6) is 0 Å². The molecule has 0 bridgehead atoms. The summed E-state index contributed by atoms with van der Waals surface area (Å²) in [6, 6.07) is 0. The van der Waals surface area contributed by atoms with Crippen molar-refractivity contribution < 1.29 is 16.9 Å². The molecular formula is C15H33BrClN. The lowest BCUT2D eigenvalue weighted by Crippen LogP contribution is -3.00. The minimum absolute atomic E-state index is 0. The van der Waals surface area contributed by atoms with Gasteiger partial charge in [-0.2, -0.15) is 0 Å². The first-order valence-corrected chi connectivity index (χ1v) is 8.77. The van der Waals surface area contributed by atoms with Crippen LogP contribution >= 0.6 is 15.9 Å². The number of rotatable bonds is 12. The van der Waals surface area contributed by atoms with E-state index in [2.05, 4.69) is 36.7 Å². The van der Waals surface area contributed by atoms with Crippen LogP contribution in [0.3, 0.4) is 0 Å². The fraction of sp³-hybridized carbons (Fsp3) is 1.00. The van der Waals surface area contributed by atoms with Crippen molar-refractivity contribution in [3.63, 3.8) is 0 Å². The second-order valence-corrected chi connectivity index (χ2v) is 6.13. The maximum Gasteiger partial charge on any atom is 0.0885 e. The van der Waals surface area contributed by atoms with Crippen molar-refractivity contribution in [1.82, 2.24) is 0 Å². The van der Waals surface area contributed by atoms with Gasteiger partial charge in [0.25, 0.3) is 0 Å². The number of halogens is 2. The standard InChI is InChI=1S/C15H33BrN.ClH/c1-4-7-10-14-17(15-11-16,12-8-5-2)13-9-6-3;/h4-15H2,1-3H3;1H/q+1;/p-1. The van der Waals surface area contributed by atoms with Crippen LogP contribution in [-0.4, -0.2) is 36.0 Å². The summed E-state index contributed by atoms with van der Waals surface area (Å²) in [6.07, 6.45) is 9.61. The van der Waals surface area contributed by atoms with Gasteiger partial charge in [0.15, 0.2) is 0 Å². The van der Waals surface area contributed by atoms with E-state index < -0.39 is 0 Å². The molecule has 0 aliphatic rings. The zero-order valence-corrected chi connectivity index (χ0v) is 15.0. The van der Waals surface area contributed by atoms with Crippen molar-refractivity contribution in [3.8, 4) is 0 Å². The highest BCUT2D eigenvalue weighted by atomic mass is 79.9. The van der Waals surface area contributed by atoms with Crippen LogP contribution in [0.15, 0.2) is 0 Å². The van der Waals surface area contributed by atoms with E-state index in [0.29, 0.717) is 0 Å². The molecule has 0 radical (unpaired) electrons. The Labute approximate surface area is 130 Å². The van der Waals surface area contributed by atoms with Gasteiger partial charge in [-0.3, -0.25) is 0 Å². The molecule has 3 heteroatoms. The molecule has 0 heterocycles. The molecule has 0 atom stereocenters. The highest BCUT2D eigenvalue weighted by Crippen LogP contribution is 2.15. The summed E-state index contributed by atoms with van der Waals surface area (Å²) < 4.78 is 1.37. The smallest absolute Gasteiger partial charge is 0.0885 e. The Balaban J connectivity index is 0. The molecule has 0 saturated carbocycles. The van der Waals surface area contributed by atoms with E-state index in [1.807, 2.05) is 0 Å². The molecule has 0 aliphatic carbocycles. The Morgan fingerprint density at radius 1 is 0.667 bits per heavy atom. The zero-order chi connectivity index (χ0) is 13.0. The molecule has 112 valence electrons. The molecule has 0 aromatic rings. The van der Waals surface area contributed by atoms with Crippen LogP contribution in [0.4, 0.5) is 0 Å². The maximum absolute atomic E-state index is 3.66. The van der Waals surface area contributed by atoms with Crippen LogP contribution < -0.4 is 12.4 Å². The predicted molar refractivity (Wildman–Crippen MR) is 82.9 cm³/mol. The maximum atomic E-state index is 3.66. The summed E-state index contributed by atoms with van der Waals surface area (Å²) in [4.78, 5) is 0. The largest absolute Gasteiger partial charge is 1.00 e. The molecule has 0 aromatic heterocycles. The minimum Gasteiger partial charge on any atom is -1.00 e. The highest BCUT2D eigenvalue weighted by molar-refractivity contribution is 9.09. The lowest BCUT2D eigenvalue weighted by Gasteiger charge is -2.39. The van der Waals surface area contributed by atoms with Crippen LogP contribution in [0.1, 0.15) is 65.7 Å². The first kappa shape index (κ1) is 21.0. The third-order valence-corrected chi connectivity index (χ3v) is 4.12. The van der Waals surface area contributed by atoms with Crippen LogP contribution in [0.25, 0.3) is 0 Å². The molecule has 0 amide bonds. The van der Waals surface area contributed by atoms with Gasteiger partial charge in [-0.1, -0.05) is 56.0 Å². The summed E-state index contributed by atoms with van der Waals surface area (Å²) in [5.41, 5.74) is 0. The summed E-state index contributed by atoms with van der Waals surface area (Å²) in [5, 5.41) is 1.16. The molecule has 0 aromatic carbocycles. The van der Waals surface area contributed by atoms with Gasteiger partial charge >= 0.3 is 0 Å². The van der Waals surface area contributed by atoms with E-state index in [-0.39, 0.29) is 12.4 Å². The first-order valence-electron chi connectivity index (χ1n) is 7.65. The zero-order valence-electron chi connectivity index (χ0n) is 12.7. The number of unbranched alkanes of at least 4 members (excludes halogenated alkanes) is 4. The quantitative estimate of drug-likeness (QED) is 0.289. The van der Waals surface area contributed by atoms with E-state index in [1.165, 1.54) is 75.6 Å². The normalized spacial score (nSPS) is 11.3. The van der Waals surface area contributed by atoms with E-state index in [0.717, 1.165) is 5.33 Å². The molecule has 0 rings (SSSR count). The monoisotopic (exact) mass is 341 g/mol. The molecule has 0 spiro atoms. The van der Waals surface area contributed by atoms with Crippen LogP contribution in [0.2, 0.25) is 0 Å². The summed E-state index contributed by atoms with van der Waals surface area (Å²) in [7, 11) is 0. The van der Waals surface area contributed by atoms with Crippen molar-refractivity contribution in [2.75, 3.05) is 31.5 Å². The number of hydrogen-bond donors (Lipinski definition) is 0. The Morgan fingerprint density at radius 2 is 1.11 bits per heavy atom. The fourth-order valence-electron chi connectivity index (χ4n) is 2.53. The van der Waals surface area contributed by atoms with Crippen LogP contribution in [0, 0.1) is 0 Å². The second kappa shape index (κ2) is 14.1. The molecular weight excluding hydrogens is 310 g/mol. The van der Waals surface area contributed by atoms with Gasteiger partial charge in [0, 0.05) is 0 Å². The van der Waals surface area contributed by atoms with E-state index in [1.54, 1.807) is 0 Å². The Bertz CT molecular complexity index is 157. The summed E-state index contributed by atoms with van der Waals surface area (Å²) in [6.45, 7) is 12.4. The van der Waals surface area contributed by atoms with Gasteiger partial charge in [0.2, 0.25) is 0 Å². The van der Waals surface area contributed by atoms with Gasteiger partial charge in [0.05, 0.1) is 31.5 Å². The third kappa shape index (κ3) is 9.63. The molecule has 0 saturated heterocycles. The van der Waals surface area contributed by atoms with Crippen molar-refractivity contribution in [2.45, 2.75) is 65.7 Å². The molecule has 0 aliphatic heterocycles. The van der Waals surface area contributed by atoms with Gasteiger partial charge < -0.3 is 16.9 Å². The molecule has 0 fully saturated rings. The minimum atomic E-state index is 0. The molecule has 0 unspecified atom stereocenters. The number of quaternary nitrogens is 1. The Kier molecular flexibility index (Phi) is 16.5. The average Bonchev–Trinajstić information content (AvgIpc) is 2.34.